The lowest BCUT2D eigenvalue weighted by atomic mass is 10.1. The zero-order chi connectivity index (χ0) is 21.3. The third-order valence-electron chi connectivity index (χ3n) is 5.27. The summed E-state index contributed by atoms with van der Waals surface area (Å²) in [7, 11) is 0.716. The third kappa shape index (κ3) is 4.45. The fraction of sp³-hybridized carbons (Fsp3) is 0.381. The van der Waals surface area contributed by atoms with Gasteiger partial charge in [-0.05, 0) is 37.1 Å². The van der Waals surface area contributed by atoms with Crippen LogP contribution in [0.1, 0.15) is 12.8 Å². The topological polar surface area (TPSA) is 56.1 Å². The molecule has 4 rings (SSSR count). The van der Waals surface area contributed by atoms with Crippen LogP contribution in [-0.4, -0.2) is 44.6 Å². The lowest BCUT2D eigenvalue weighted by Gasteiger charge is -2.24. The minimum absolute atomic E-state index is 0.158. The van der Waals surface area contributed by atoms with Crippen molar-refractivity contribution in [1.29, 1.82) is 0 Å². The van der Waals surface area contributed by atoms with Crippen LogP contribution in [0.5, 0.6) is 5.88 Å². The Morgan fingerprint density at radius 3 is 2.63 bits per heavy atom. The number of hydrogen-bond donors (Lipinski definition) is 1. The van der Waals surface area contributed by atoms with E-state index in [1.54, 1.807) is 30.3 Å². The molecule has 0 bridgehead atoms. The van der Waals surface area contributed by atoms with Crippen LogP contribution >= 0.6 is 0 Å². The molecule has 0 aliphatic carbocycles. The molecule has 30 heavy (non-hydrogen) atoms. The monoisotopic (exact) mass is 437 g/mol. The zero-order valence-electron chi connectivity index (χ0n) is 16.4. The molecule has 1 aromatic carbocycles. The lowest BCUT2D eigenvalue weighted by Crippen LogP contribution is -2.29. The maximum absolute atomic E-state index is 13.4. The molecular weight excluding hydrogens is 415 g/mol. The lowest BCUT2D eigenvalue weighted by molar-refractivity contribution is -0.139. The van der Waals surface area contributed by atoms with E-state index in [-0.39, 0.29) is 6.04 Å². The predicted molar refractivity (Wildman–Crippen MR) is 112 cm³/mol. The van der Waals surface area contributed by atoms with Crippen LogP contribution in [0.25, 0.3) is 22.2 Å². The first-order valence-corrected chi connectivity index (χ1v) is 11.1. The number of hydrogen-bond acceptors (Lipinski definition) is 4. The zero-order valence-corrected chi connectivity index (χ0v) is 17.2. The Morgan fingerprint density at radius 1 is 1.23 bits per heavy atom. The van der Waals surface area contributed by atoms with Crippen molar-refractivity contribution < 1.29 is 22.1 Å². The molecule has 0 spiro atoms. The fourth-order valence-corrected chi connectivity index (χ4v) is 5.11. The van der Waals surface area contributed by atoms with Crippen molar-refractivity contribution in [2.45, 2.75) is 31.6 Å². The largest absolute Gasteiger partial charge is 0.481 e. The number of methoxy groups -OCH3 is 1. The van der Waals surface area contributed by atoms with Gasteiger partial charge in [-0.1, -0.05) is 6.07 Å². The van der Waals surface area contributed by atoms with Crippen molar-refractivity contribution in [2.24, 2.45) is 0 Å². The molecule has 2 aromatic heterocycles. The second-order valence-corrected chi connectivity index (χ2v) is 9.02. The minimum Gasteiger partial charge on any atom is -0.481 e. The summed E-state index contributed by atoms with van der Waals surface area (Å²) in [6.07, 6.45) is -1.29. The smallest absolute Gasteiger partial charge is 0.406 e. The third-order valence-corrected chi connectivity index (χ3v) is 6.65. The number of nitrogens with one attached hydrogen (secondary N) is 1. The molecule has 1 aliphatic heterocycles. The molecule has 0 radical (unpaired) electrons. The second-order valence-electron chi connectivity index (χ2n) is 7.33. The molecule has 3 aromatic rings. The summed E-state index contributed by atoms with van der Waals surface area (Å²) < 4.78 is 58.1. The minimum atomic E-state index is -4.36. The van der Waals surface area contributed by atoms with Crippen molar-refractivity contribution in [3.63, 3.8) is 0 Å². The van der Waals surface area contributed by atoms with E-state index in [0.717, 1.165) is 23.9 Å². The predicted octanol–water partition coefficient (Wildman–Crippen LogP) is 4.60. The molecule has 0 amide bonds. The highest BCUT2D eigenvalue weighted by atomic mass is 32.2. The first-order chi connectivity index (χ1) is 14.3. The number of halogens is 3. The van der Waals surface area contributed by atoms with E-state index in [4.69, 9.17) is 4.74 Å². The Hall–Kier alpha value is -2.55. The molecule has 1 saturated heterocycles. The van der Waals surface area contributed by atoms with Gasteiger partial charge < -0.3 is 14.6 Å². The molecule has 5 nitrogen and oxygen atoms in total. The number of benzene rings is 1. The molecule has 0 atom stereocenters. The Labute approximate surface area is 174 Å². The van der Waals surface area contributed by atoms with Crippen molar-refractivity contribution in [3.8, 4) is 17.1 Å². The normalized spacial score (nSPS) is 19.7. The number of alkyl halides is 3. The van der Waals surface area contributed by atoms with Gasteiger partial charge in [-0.3, -0.25) is 4.21 Å². The van der Waals surface area contributed by atoms with Gasteiger partial charge in [0, 0.05) is 57.2 Å². The molecule has 1 N–H and O–H groups in total. The highest BCUT2D eigenvalue weighted by Gasteiger charge is 2.30. The Morgan fingerprint density at radius 2 is 2.00 bits per heavy atom. The van der Waals surface area contributed by atoms with Crippen LogP contribution in [0.4, 0.5) is 18.9 Å². The van der Waals surface area contributed by atoms with Gasteiger partial charge in [0.15, 0.2) is 0 Å². The summed E-state index contributed by atoms with van der Waals surface area (Å²) in [5.41, 5.74) is 2.31. The van der Waals surface area contributed by atoms with E-state index >= 15 is 0 Å². The Balaban J connectivity index is 1.77. The summed E-state index contributed by atoms with van der Waals surface area (Å²) in [5, 5.41) is 4.17. The van der Waals surface area contributed by atoms with Gasteiger partial charge in [0.2, 0.25) is 5.88 Å². The summed E-state index contributed by atoms with van der Waals surface area (Å²) >= 11 is 0. The number of rotatable bonds is 5. The SMILES string of the molecule is COc1ccc(-c2cc3c(NC4CCS(=O)CC4)cccc3n2CC(F)(F)F)cn1. The van der Waals surface area contributed by atoms with E-state index in [9.17, 15) is 17.4 Å². The molecule has 0 saturated carbocycles. The van der Waals surface area contributed by atoms with Crippen LogP contribution in [-0.2, 0) is 17.3 Å². The average molecular weight is 437 g/mol. The fourth-order valence-electron chi connectivity index (χ4n) is 3.81. The Bertz CT molecular complexity index is 1050. The molecule has 1 fully saturated rings. The van der Waals surface area contributed by atoms with Crippen molar-refractivity contribution >= 4 is 27.4 Å². The molecule has 3 heterocycles. The van der Waals surface area contributed by atoms with E-state index in [2.05, 4.69) is 10.3 Å². The van der Waals surface area contributed by atoms with Crippen LogP contribution in [0.2, 0.25) is 0 Å². The summed E-state index contributed by atoms with van der Waals surface area (Å²) in [5.74, 6) is 1.69. The van der Waals surface area contributed by atoms with Crippen LogP contribution < -0.4 is 10.1 Å². The van der Waals surface area contributed by atoms with Gasteiger partial charge >= 0.3 is 6.18 Å². The van der Waals surface area contributed by atoms with Gasteiger partial charge in [-0.25, -0.2) is 4.98 Å². The summed E-state index contributed by atoms with van der Waals surface area (Å²) in [4.78, 5) is 4.14. The number of fused-ring (bicyclic) bond motifs is 1. The number of nitrogens with zero attached hydrogens (tertiary/aromatic N) is 2. The van der Waals surface area contributed by atoms with E-state index < -0.39 is 23.5 Å². The number of ether oxygens (including phenoxy) is 1. The van der Waals surface area contributed by atoms with Crippen LogP contribution in [0.15, 0.2) is 42.6 Å². The molecule has 1 aliphatic rings. The quantitative estimate of drug-likeness (QED) is 0.634. The molecule has 0 unspecified atom stereocenters. The maximum Gasteiger partial charge on any atom is 0.406 e. The second kappa shape index (κ2) is 8.29. The number of anilines is 1. The first-order valence-electron chi connectivity index (χ1n) is 9.65. The van der Waals surface area contributed by atoms with Gasteiger partial charge in [-0.2, -0.15) is 13.2 Å². The number of aromatic nitrogens is 2. The Kier molecular flexibility index (Phi) is 5.73. The molecule has 9 heteroatoms. The number of pyridine rings is 1. The first kappa shape index (κ1) is 20.7. The summed E-state index contributed by atoms with van der Waals surface area (Å²) in [6.45, 7) is -1.09. The van der Waals surface area contributed by atoms with Gasteiger partial charge in [0.25, 0.3) is 0 Å². The molecule has 160 valence electrons. The van der Waals surface area contributed by atoms with Gasteiger partial charge in [0.1, 0.15) is 6.54 Å². The average Bonchev–Trinajstić information content (AvgIpc) is 3.08. The van der Waals surface area contributed by atoms with Crippen molar-refractivity contribution in [3.05, 3.63) is 42.6 Å². The van der Waals surface area contributed by atoms with E-state index in [1.807, 2.05) is 6.07 Å². The highest BCUT2D eigenvalue weighted by molar-refractivity contribution is 7.85. The van der Waals surface area contributed by atoms with Crippen molar-refractivity contribution in [1.82, 2.24) is 9.55 Å². The van der Waals surface area contributed by atoms with Crippen LogP contribution in [0, 0.1) is 0 Å². The van der Waals surface area contributed by atoms with E-state index in [1.165, 1.54) is 17.9 Å². The highest BCUT2D eigenvalue weighted by Crippen LogP contribution is 2.35. The van der Waals surface area contributed by atoms with Gasteiger partial charge in [0.05, 0.1) is 18.3 Å². The summed E-state index contributed by atoms with van der Waals surface area (Å²) in [6, 6.07) is 10.6. The van der Waals surface area contributed by atoms with Crippen molar-refractivity contribution in [2.75, 3.05) is 23.9 Å². The van der Waals surface area contributed by atoms with Crippen LogP contribution in [0.3, 0.4) is 0 Å². The standard InChI is InChI=1S/C21H22F3N3O2S/c1-29-20-6-5-14(12-25-20)19-11-16-17(26-15-7-9-30(28)10-8-15)3-2-4-18(16)27(19)13-21(22,23)24/h2-6,11-12,15,26H,7-10,13H2,1H3. The van der Waals surface area contributed by atoms with E-state index in [0.29, 0.717) is 34.2 Å². The maximum atomic E-state index is 13.4. The molecular formula is C21H22F3N3O2S. The van der Waals surface area contributed by atoms with Gasteiger partial charge in [-0.15, -0.1) is 0 Å².